The maximum absolute atomic E-state index is 5.96. The van der Waals surface area contributed by atoms with E-state index in [1.807, 2.05) is 24.3 Å². The van der Waals surface area contributed by atoms with Crippen molar-refractivity contribution >= 4 is 11.6 Å². The Labute approximate surface area is 103 Å². The van der Waals surface area contributed by atoms with Gasteiger partial charge in [-0.2, -0.15) is 5.10 Å². The monoisotopic (exact) mass is 243 g/mol. The zero-order chi connectivity index (χ0) is 12.9. The van der Waals surface area contributed by atoms with Gasteiger partial charge in [-0.25, -0.2) is 4.98 Å². The first kappa shape index (κ1) is 10.7. The Morgan fingerprint density at radius 1 is 1.22 bits per heavy atom. The van der Waals surface area contributed by atoms with Crippen LogP contribution in [0.15, 0.2) is 12.3 Å². The molecule has 3 heterocycles. The van der Waals surface area contributed by atoms with Crippen LogP contribution in [0.4, 0.5) is 5.82 Å². The summed E-state index contributed by atoms with van der Waals surface area (Å²) in [6.07, 6.45) is 1.69. The average molecular weight is 243 g/mol. The Morgan fingerprint density at radius 2 is 2.00 bits per heavy atom. The second kappa shape index (κ2) is 3.52. The fourth-order valence-electron chi connectivity index (χ4n) is 2.02. The fraction of sp³-hybridized carbons (Fsp3) is 0.273. The van der Waals surface area contributed by atoms with Crippen LogP contribution in [-0.4, -0.2) is 29.4 Å². The van der Waals surface area contributed by atoms with Crippen LogP contribution >= 0.6 is 0 Å². The molecule has 2 N–H and O–H groups in total. The molecule has 0 aliphatic carbocycles. The highest BCUT2D eigenvalue weighted by molar-refractivity contribution is 5.69. The molecule has 3 aromatic rings. The van der Waals surface area contributed by atoms with Gasteiger partial charge in [-0.1, -0.05) is 0 Å². The number of aryl methyl sites for hydroxylation is 3. The molecule has 0 radical (unpaired) electrons. The highest BCUT2D eigenvalue weighted by Gasteiger charge is 2.16. The maximum Gasteiger partial charge on any atom is 0.255 e. The first-order valence-electron chi connectivity index (χ1n) is 5.55. The van der Waals surface area contributed by atoms with E-state index in [-0.39, 0.29) is 0 Å². The smallest absolute Gasteiger partial charge is 0.255 e. The third-order valence-electron chi connectivity index (χ3n) is 2.92. The van der Waals surface area contributed by atoms with Crippen molar-refractivity contribution in [1.29, 1.82) is 0 Å². The van der Waals surface area contributed by atoms with Gasteiger partial charge < -0.3 is 5.73 Å². The zero-order valence-electron chi connectivity index (χ0n) is 10.4. The molecule has 3 rings (SSSR count). The molecule has 0 aromatic carbocycles. The van der Waals surface area contributed by atoms with Crippen LogP contribution in [0, 0.1) is 13.8 Å². The van der Waals surface area contributed by atoms with Gasteiger partial charge in [0, 0.05) is 18.4 Å². The number of fused-ring (bicyclic) bond motifs is 1. The van der Waals surface area contributed by atoms with Gasteiger partial charge >= 0.3 is 0 Å². The lowest BCUT2D eigenvalue weighted by Gasteiger charge is -2.03. The summed E-state index contributed by atoms with van der Waals surface area (Å²) in [5.74, 6) is 1.80. The van der Waals surface area contributed by atoms with Gasteiger partial charge in [0.25, 0.3) is 5.78 Å². The Balaban J connectivity index is 2.34. The molecule has 7 heteroatoms. The largest absolute Gasteiger partial charge is 0.383 e. The van der Waals surface area contributed by atoms with Crippen molar-refractivity contribution in [3.05, 3.63) is 23.7 Å². The topological polar surface area (TPSA) is 86.9 Å². The second-order valence-electron chi connectivity index (χ2n) is 4.27. The molecule has 0 spiro atoms. The third kappa shape index (κ3) is 1.37. The highest BCUT2D eigenvalue weighted by atomic mass is 15.3. The van der Waals surface area contributed by atoms with E-state index in [0.29, 0.717) is 17.4 Å². The van der Waals surface area contributed by atoms with Crippen LogP contribution in [0.1, 0.15) is 11.4 Å². The third-order valence-corrected chi connectivity index (χ3v) is 2.92. The molecule has 92 valence electrons. The Hall–Kier alpha value is -2.44. The summed E-state index contributed by atoms with van der Waals surface area (Å²) in [6.45, 7) is 3.92. The van der Waals surface area contributed by atoms with E-state index in [9.17, 15) is 0 Å². The molecule has 0 atom stereocenters. The van der Waals surface area contributed by atoms with Crippen molar-refractivity contribution in [3.8, 4) is 11.4 Å². The number of hydrogen-bond donors (Lipinski definition) is 1. The van der Waals surface area contributed by atoms with Gasteiger partial charge in [0.2, 0.25) is 0 Å². The summed E-state index contributed by atoms with van der Waals surface area (Å²) in [5, 5.41) is 12.4. The van der Waals surface area contributed by atoms with Gasteiger partial charge in [0.1, 0.15) is 5.82 Å². The molecule has 7 nitrogen and oxygen atoms in total. The Morgan fingerprint density at radius 3 is 2.67 bits per heavy atom. The average Bonchev–Trinajstić information content (AvgIpc) is 2.85. The van der Waals surface area contributed by atoms with Crippen molar-refractivity contribution < 1.29 is 0 Å². The minimum atomic E-state index is 0.560. The molecule has 0 saturated heterocycles. The lowest BCUT2D eigenvalue weighted by Crippen LogP contribution is -2.01. The number of aromatic nitrogens is 6. The summed E-state index contributed by atoms with van der Waals surface area (Å²) >= 11 is 0. The zero-order valence-corrected chi connectivity index (χ0v) is 10.4. The highest BCUT2D eigenvalue weighted by Crippen LogP contribution is 2.24. The van der Waals surface area contributed by atoms with Gasteiger partial charge in [-0.3, -0.25) is 9.08 Å². The van der Waals surface area contributed by atoms with Crippen molar-refractivity contribution in [2.24, 2.45) is 7.05 Å². The summed E-state index contributed by atoms with van der Waals surface area (Å²) in [5.41, 5.74) is 8.66. The quantitative estimate of drug-likeness (QED) is 0.680. The van der Waals surface area contributed by atoms with Crippen LogP contribution in [0.25, 0.3) is 17.2 Å². The molecule has 0 amide bonds. The summed E-state index contributed by atoms with van der Waals surface area (Å²) < 4.78 is 3.48. The number of hydrogen-bond acceptors (Lipinski definition) is 5. The van der Waals surface area contributed by atoms with Crippen molar-refractivity contribution in [2.45, 2.75) is 13.8 Å². The first-order chi connectivity index (χ1) is 8.58. The molecule has 0 fully saturated rings. The lowest BCUT2D eigenvalue weighted by molar-refractivity contribution is 0.779. The first-order valence-corrected chi connectivity index (χ1v) is 5.55. The van der Waals surface area contributed by atoms with E-state index >= 15 is 0 Å². The van der Waals surface area contributed by atoms with E-state index in [1.54, 1.807) is 17.9 Å². The molecule has 0 saturated carbocycles. The van der Waals surface area contributed by atoms with E-state index in [0.717, 1.165) is 17.0 Å². The summed E-state index contributed by atoms with van der Waals surface area (Å²) in [4.78, 5) is 4.34. The van der Waals surface area contributed by atoms with E-state index in [1.165, 1.54) is 0 Å². The summed E-state index contributed by atoms with van der Waals surface area (Å²) in [6, 6.07) is 1.98. The predicted molar refractivity (Wildman–Crippen MR) is 66.9 cm³/mol. The standard InChI is InChI=1S/C11H13N7/c1-6-4-7(2)18-10(15-16-11(18)14-6)8-5-13-17(3)9(8)12/h4-5H,12H2,1-3H3. The fourth-order valence-corrected chi connectivity index (χ4v) is 2.02. The molecular formula is C11H13N7. The molecular weight excluding hydrogens is 230 g/mol. The predicted octanol–water partition coefficient (Wildman–Crippen LogP) is 0.724. The van der Waals surface area contributed by atoms with Crippen molar-refractivity contribution in [3.63, 3.8) is 0 Å². The van der Waals surface area contributed by atoms with Crippen LogP contribution in [-0.2, 0) is 7.05 Å². The van der Waals surface area contributed by atoms with E-state index < -0.39 is 0 Å². The van der Waals surface area contributed by atoms with Gasteiger partial charge in [0.15, 0.2) is 5.82 Å². The van der Waals surface area contributed by atoms with E-state index in [2.05, 4.69) is 20.3 Å². The molecule has 0 aliphatic rings. The van der Waals surface area contributed by atoms with Gasteiger partial charge in [-0.15, -0.1) is 10.2 Å². The molecule has 3 aromatic heterocycles. The lowest BCUT2D eigenvalue weighted by atomic mass is 10.3. The van der Waals surface area contributed by atoms with Crippen molar-refractivity contribution in [2.75, 3.05) is 5.73 Å². The molecule has 0 bridgehead atoms. The molecule has 0 unspecified atom stereocenters. The SMILES string of the molecule is Cc1cc(C)n2c(-c3cnn(C)c3N)nnc2n1. The Bertz CT molecular complexity index is 737. The molecule has 18 heavy (non-hydrogen) atoms. The van der Waals surface area contributed by atoms with Gasteiger partial charge in [0.05, 0.1) is 11.8 Å². The number of anilines is 1. The minimum Gasteiger partial charge on any atom is -0.383 e. The summed E-state index contributed by atoms with van der Waals surface area (Å²) in [7, 11) is 1.79. The van der Waals surface area contributed by atoms with Gasteiger partial charge in [-0.05, 0) is 19.9 Å². The number of rotatable bonds is 1. The normalized spacial score (nSPS) is 11.3. The minimum absolute atomic E-state index is 0.560. The van der Waals surface area contributed by atoms with E-state index in [4.69, 9.17) is 5.73 Å². The number of nitrogens with two attached hydrogens (primary N) is 1. The molecule has 0 aliphatic heterocycles. The second-order valence-corrected chi connectivity index (χ2v) is 4.27. The maximum atomic E-state index is 5.96. The number of nitrogen functional groups attached to an aromatic ring is 1. The van der Waals surface area contributed by atoms with Crippen LogP contribution in [0.3, 0.4) is 0 Å². The number of nitrogens with zero attached hydrogens (tertiary/aromatic N) is 6. The van der Waals surface area contributed by atoms with Crippen LogP contribution in [0.5, 0.6) is 0 Å². The Kier molecular flexibility index (Phi) is 2.09. The van der Waals surface area contributed by atoms with Crippen molar-refractivity contribution in [1.82, 2.24) is 29.4 Å². The van der Waals surface area contributed by atoms with Crippen LogP contribution in [0.2, 0.25) is 0 Å². The van der Waals surface area contributed by atoms with Crippen LogP contribution < -0.4 is 5.73 Å².